The van der Waals surface area contributed by atoms with Crippen LogP contribution in [0, 0.1) is 61.7 Å². The minimum Gasteiger partial charge on any atom is -0.496 e. The number of hydrogen-bond donors (Lipinski definition) is 0. The minimum atomic E-state index is 0. The van der Waals surface area contributed by atoms with Crippen molar-refractivity contribution in [2.75, 3.05) is 7.11 Å². The van der Waals surface area contributed by atoms with Gasteiger partial charge >= 0.3 is 0 Å². The van der Waals surface area contributed by atoms with E-state index in [2.05, 4.69) is 88.2 Å². The van der Waals surface area contributed by atoms with E-state index in [0.29, 0.717) is 0 Å². The van der Waals surface area contributed by atoms with Gasteiger partial charge in [-0.25, -0.2) is 0 Å². The number of hydrogen-bond acceptors (Lipinski definition) is 1. The van der Waals surface area contributed by atoms with E-state index < -0.39 is 0 Å². The van der Waals surface area contributed by atoms with E-state index in [1.807, 2.05) is 0 Å². The molecule has 0 spiro atoms. The van der Waals surface area contributed by atoms with Crippen molar-refractivity contribution in [1.29, 1.82) is 0 Å². The highest BCUT2D eigenvalue weighted by Gasteiger charge is 2.18. The Kier molecular flexibility index (Phi) is 11.5. The van der Waals surface area contributed by atoms with Crippen molar-refractivity contribution in [2.45, 2.75) is 47.0 Å². The van der Waals surface area contributed by atoms with Gasteiger partial charge in [0.2, 0.25) is 0 Å². The summed E-state index contributed by atoms with van der Waals surface area (Å²) in [4.78, 5) is 0. The lowest BCUT2D eigenvalue weighted by molar-refractivity contribution is 0.410. The molecule has 0 amide bonds. The van der Waals surface area contributed by atoms with E-state index in [1.165, 1.54) is 16.7 Å². The second kappa shape index (κ2) is 11.7. The van der Waals surface area contributed by atoms with E-state index in [9.17, 15) is 0 Å². The van der Waals surface area contributed by atoms with E-state index in [1.54, 1.807) is 14.0 Å². The highest BCUT2D eigenvalue weighted by atomic mass is 16.5. The standard InChI is InChI=1S/C13H20O.C9H4.H2O.3H2/c1-9-10(2)12(14-6)8-7-11(9)13(3,4)5;1-3-5-7-9-8-6-4-2;;;;/h7-8H,1-6H3;1H,2H3;1H2;3*1H. The summed E-state index contributed by atoms with van der Waals surface area (Å²) in [6.45, 7) is 12.7. The SMILES string of the molecule is C#CC#CC#CC#CC.COc1ccc(C(C)(C)C)c(C)c1C.O.[HH].[HH].[HH]. The minimum absolute atomic E-state index is 0. The van der Waals surface area contributed by atoms with E-state index >= 15 is 0 Å². The molecule has 0 aliphatic heterocycles. The third-order valence-corrected chi connectivity index (χ3v) is 3.21. The zero-order chi connectivity index (χ0) is 17.9. The maximum Gasteiger partial charge on any atom is 0.122 e. The predicted octanol–water partition coefficient (Wildman–Crippen LogP) is 4.17. The van der Waals surface area contributed by atoms with Gasteiger partial charge in [0, 0.05) is 4.28 Å². The maximum absolute atomic E-state index is 5.29. The van der Waals surface area contributed by atoms with Crippen LogP contribution in [0.4, 0.5) is 0 Å². The Morgan fingerprint density at radius 3 is 1.96 bits per heavy atom. The number of benzene rings is 1. The van der Waals surface area contributed by atoms with Gasteiger partial charge in [-0.15, -0.1) is 6.42 Å². The van der Waals surface area contributed by atoms with Crippen molar-refractivity contribution >= 4 is 0 Å². The molecule has 0 fully saturated rings. The number of rotatable bonds is 1. The number of ether oxygens (including phenoxy) is 1. The molecule has 0 radical (unpaired) electrons. The average Bonchev–Trinajstić information content (AvgIpc) is 2.49. The van der Waals surface area contributed by atoms with Crippen molar-refractivity contribution in [3.05, 3.63) is 28.8 Å². The lowest BCUT2D eigenvalue weighted by Crippen LogP contribution is -2.13. The second-order valence-electron chi connectivity index (χ2n) is 5.83. The molecule has 2 nitrogen and oxygen atoms in total. The molecular formula is C22H32O2. The molecule has 0 unspecified atom stereocenters. The highest BCUT2D eigenvalue weighted by Crippen LogP contribution is 2.31. The van der Waals surface area contributed by atoms with Crippen molar-refractivity contribution in [2.24, 2.45) is 0 Å². The van der Waals surface area contributed by atoms with Gasteiger partial charge in [0.1, 0.15) is 5.75 Å². The molecule has 132 valence electrons. The topological polar surface area (TPSA) is 40.7 Å². The third-order valence-electron chi connectivity index (χ3n) is 3.21. The lowest BCUT2D eigenvalue weighted by Gasteiger charge is -2.23. The second-order valence-corrected chi connectivity index (χ2v) is 5.83. The van der Waals surface area contributed by atoms with Crippen LogP contribution in [0.1, 0.15) is 48.7 Å². The first-order chi connectivity index (χ1) is 10.8. The van der Waals surface area contributed by atoms with Gasteiger partial charge in [-0.3, -0.25) is 0 Å². The maximum atomic E-state index is 5.29. The van der Waals surface area contributed by atoms with Gasteiger partial charge in [-0.05, 0) is 84.5 Å². The van der Waals surface area contributed by atoms with E-state index in [0.717, 1.165) is 5.75 Å². The van der Waals surface area contributed by atoms with Crippen molar-refractivity contribution in [3.63, 3.8) is 0 Å². The molecule has 1 aromatic carbocycles. The van der Waals surface area contributed by atoms with E-state index in [-0.39, 0.29) is 15.2 Å². The average molecular weight is 328 g/mol. The van der Waals surface area contributed by atoms with Crippen LogP contribution in [0.15, 0.2) is 12.1 Å². The summed E-state index contributed by atoms with van der Waals surface area (Å²) in [5.41, 5.74) is 4.20. The molecule has 0 bridgehead atoms. The Balaban J connectivity index is -0.000000112. The van der Waals surface area contributed by atoms with Crippen LogP contribution in [0.2, 0.25) is 0 Å². The zero-order valence-corrected chi connectivity index (χ0v) is 15.6. The van der Waals surface area contributed by atoms with Crippen LogP contribution in [-0.4, -0.2) is 12.6 Å². The first-order valence-corrected chi connectivity index (χ1v) is 7.31. The monoisotopic (exact) mass is 328 g/mol. The van der Waals surface area contributed by atoms with Gasteiger partial charge in [0.15, 0.2) is 0 Å². The van der Waals surface area contributed by atoms with Gasteiger partial charge in [-0.1, -0.05) is 32.8 Å². The summed E-state index contributed by atoms with van der Waals surface area (Å²) in [6.07, 6.45) is 4.82. The lowest BCUT2D eigenvalue weighted by atomic mass is 9.82. The molecule has 24 heavy (non-hydrogen) atoms. The molecule has 0 atom stereocenters. The van der Waals surface area contributed by atoms with Crippen LogP contribution >= 0.6 is 0 Å². The predicted molar refractivity (Wildman–Crippen MR) is 109 cm³/mol. The summed E-state index contributed by atoms with van der Waals surface area (Å²) < 4.78 is 5.29. The Bertz CT molecular complexity index is 766. The molecule has 1 aromatic rings. The molecule has 0 aliphatic rings. The van der Waals surface area contributed by atoms with E-state index in [4.69, 9.17) is 11.2 Å². The van der Waals surface area contributed by atoms with Gasteiger partial charge in [0.25, 0.3) is 0 Å². The van der Waals surface area contributed by atoms with Crippen LogP contribution in [0.5, 0.6) is 5.75 Å². The quantitative estimate of drug-likeness (QED) is 0.713. The first kappa shape index (κ1) is 23.5. The fraction of sp³-hybridized carbons (Fsp3) is 0.364. The van der Waals surface area contributed by atoms with Crippen molar-refractivity contribution < 1.29 is 14.5 Å². The molecule has 2 heteroatoms. The molecule has 0 heterocycles. The van der Waals surface area contributed by atoms with Crippen LogP contribution in [0.25, 0.3) is 0 Å². The Morgan fingerprint density at radius 2 is 1.50 bits per heavy atom. The molecule has 1 rings (SSSR count). The summed E-state index contributed by atoms with van der Waals surface area (Å²) in [6, 6.07) is 4.23. The third kappa shape index (κ3) is 8.01. The van der Waals surface area contributed by atoms with Gasteiger partial charge in [0.05, 0.1) is 7.11 Å². The Morgan fingerprint density at radius 1 is 0.958 bits per heavy atom. The fourth-order valence-electron chi connectivity index (χ4n) is 2.02. The summed E-state index contributed by atoms with van der Waals surface area (Å²) in [7, 11) is 1.72. The molecule has 2 N–H and O–H groups in total. The van der Waals surface area contributed by atoms with Gasteiger partial charge in [-0.2, -0.15) is 0 Å². The largest absolute Gasteiger partial charge is 0.496 e. The highest BCUT2D eigenvalue weighted by molar-refractivity contribution is 5.46. The molecule has 0 saturated heterocycles. The fourth-order valence-corrected chi connectivity index (χ4v) is 2.02. The zero-order valence-electron chi connectivity index (χ0n) is 15.6. The molecule has 0 saturated carbocycles. The summed E-state index contributed by atoms with van der Waals surface area (Å²) in [5, 5.41) is 0. The molecular weight excluding hydrogens is 296 g/mol. The Hall–Kier alpha value is -2.78. The Labute approximate surface area is 151 Å². The number of terminal acetylenes is 1. The molecule has 0 aromatic heterocycles. The molecule has 0 aliphatic carbocycles. The van der Waals surface area contributed by atoms with Crippen LogP contribution < -0.4 is 4.74 Å². The van der Waals surface area contributed by atoms with Crippen molar-refractivity contribution in [1.82, 2.24) is 0 Å². The van der Waals surface area contributed by atoms with Crippen LogP contribution in [-0.2, 0) is 5.41 Å². The normalized spacial score (nSPS) is 8.08. The van der Waals surface area contributed by atoms with Crippen molar-refractivity contribution in [3.8, 4) is 53.6 Å². The van der Waals surface area contributed by atoms with Crippen LogP contribution in [0.3, 0.4) is 0 Å². The number of methoxy groups -OCH3 is 1. The summed E-state index contributed by atoms with van der Waals surface area (Å²) in [5.74, 6) is 18.0. The van der Waals surface area contributed by atoms with Gasteiger partial charge < -0.3 is 10.2 Å². The summed E-state index contributed by atoms with van der Waals surface area (Å²) >= 11 is 0. The smallest absolute Gasteiger partial charge is 0.122 e. The first-order valence-electron chi connectivity index (χ1n) is 7.31.